The molecule has 6 heteroatoms. The maximum absolute atomic E-state index is 9.57. The smallest absolute Gasteiger partial charge is 0.227 e. The van der Waals surface area contributed by atoms with Crippen molar-refractivity contribution < 1.29 is 9.84 Å². The summed E-state index contributed by atoms with van der Waals surface area (Å²) < 4.78 is 5.38. The van der Waals surface area contributed by atoms with Crippen LogP contribution >= 0.6 is 0 Å². The van der Waals surface area contributed by atoms with Crippen LogP contribution in [0.15, 0.2) is 48.7 Å². The lowest BCUT2D eigenvalue weighted by Gasteiger charge is -2.28. The lowest BCUT2D eigenvalue weighted by Crippen LogP contribution is -2.36. The lowest BCUT2D eigenvalue weighted by molar-refractivity contribution is 0.122. The van der Waals surface area contributed by atoms with E-state index in [2.05, 4.69) is 32.3 Å². The van der Waals surface area contributed by atoms with Crippen molar-refractivity contribution >= 4 is 28.2 Å². The number of fused-ring (bicyclic) bond motifs is 1. The standard InChI is InChI=1S/C18H18N4O2/c23-16-6-1-13-12-19-18(21-17(13)11-16)20-14-2-4-15(5-3-14)22-7-9-24-10-8-22/h1-6,11-12,23H,7-10H2,(H,19,20,21). The first-order valence-electron chi connectivity index (χ1n) is 7.93. The van der Waals surface area contributed by atoms with E-state index in [4.69, 9.17) is 4.74 Å². The number of phenolic OH excluding ortho intramolecular Hbond substituents is 1. The van der Waals surface area contributed by atoms with Crippen molar-refractivity contribution in [3.63, 3.8) is 0 Å². The van der Waals surface area contributed by atoms with Crippen LogP contribution in [-0.2, 0) is 4.74 Å². The fourth-order valence-corrected chi connectivity index (χ4v) is 2.78. The number of aromatic nitrogens is 2. The molecule has 0 spiro atoms. The number of benzene rings is 2. The van der Waals surface area contributed by atoms with Crippen LogP contribution in [0.3, 0.4) is 0 Å². The Labute approximate surface area is 139 Å². The zero-order valence-electron chi connectivity index (χ0n) is 13.1. The summed E-state index contributed by atoms with van der Waals surface area (Å²) >= 11 is 0. The van der Waals surface area contributed by atoms with E-state index in [9.17, 15) is 5.11 Å². The SMILES string of the molecule is Oc1ccc2cnc(Nc3ccc(N4CCOCC4)cc3)nc2c1. The molecule has 1 aliphatic heterocycles. The highest BCUT2D eigenvalue weighted by atomic mass is 16.5. The maximum Gasteiger partial charge on any atom is 0.227 e. The molecule has 1 fully saturated rings. The largest absolute Gasteiger partial charge is 0.508 e. The van der Waals surface area contributed by atoms with Gasteiger partial charge in [0.1, 0.15) is 5.75 Å². The molecule has 1 aromatic heterocycles. The first-order valence-corrected chi connectivity index (χ1v) is 7.93. The van der Waals surface area contributed by atoms with Crippen molar-refractivity contribution in [3.8, 4) is 5.75 Å². The van der Waals surface area contributed by atoms with Gasteiger partial charge in [0.2, 0.25) is 5.95 Å². The predicted molar refractivity (Wildman–Crippen MR) is 94.0 cm³/mol. The van der Waals surface area contributed by atoms with Gasteiger partial charge in [-0.3, -0.25) is 0 Å². The molecule has 0 unspecified atom stereocenters. The second-order valence-electron chi connectivity index (χ2n) is 5.71. The molecule has 2 heterocycles. The Balaban J connectivity index is 1.52. The molecule has 3 aromatic rings. The van der Waals surface area contributed by atoms with Gasteiger partial charge in [-0.2, -0.15) is 0 Å². The summed E-state index contributed by atoms with van der Waals surface area (Å²) in [5, 5.41) is 13.7. The molecule has 6 nitrogen and oxygen atoms in total. The first-order chi connectivity index (χ1) is 11.8. The number of hydrogen-bond donors (Lipinski definition) is 2. The predicted octanol–water partition coefficient (Wildman–Crippen LogP) is 2.92. The number of nitrogens with one attached hydrogen (secondary N) is 1. The minimum atomic E-state index is 0.196. The number of anilines is 3. The van der Waals surface area contributed by atoms with Crippen LogP contribution in [-0.4, -0.2) is 41.4 Å². The van der Waals surface area contributed by atoms with E-state index in [0.29, 0.717) is 11.5 Å². The molecule has 0 bridgehead atoms. The molecule has 2 aromatic carbocycles. The van der Waals surface area contributed by atoms with Crippen molar-refractivity contribution in [1.82, 2.24) is 9.97 Å². The van der Waals surface area contributed by atoms with Crippen LogP contribution in [0.4, 0.5) is 17.3 Å². The van der Waals surface area contributed by atoms with Crippen LogP contribution in [0.2, 0.25) is 0 Å². The first kappa shape index (κ1) is 14.7. The zero-order chi connectivity index (χ0) is 16.4. The molecular formula is C18H18N4O2. The quantitative estimate of drug-likeness (QED) is 0.772. The van der Waals surface area contributed by atoms with Crippen LogP contribution in [0, 0.1) is 0 Å². The van der Waals surface area contributed by atoms with Gasteiger partial charge in [-0.15, -0.1) is 0 Å². The van der Waals surface area contributed by atoms with E-state index >= 15 is 0 Å². The number of ether oxygens (including phenoxy) is 1. The van der Waals surface area contributed by atoms with E-state index < -0.39 is 0 Å². The summed E-state index contributed by atoms with van der Waals surface area (Å²) in [6.45, 7) is 3.39. The third-order valence-electron chi connectivity index (χ3n) is 4.07. The molecule has 4 rings (SSSR count). The molecule has 0 radical (unpaired) electrons. The summed E-state index contributed by atoms with van der Waals surface area (Å²) in [5.74, 6) is 0.703. The molecular weight excluding hydrogens is 304 g/mol. The second kappa shape index (κ2) is 6.33. The van der Waals surface area contributed by atoms with Crippen LogP contribution in [0.25, 0.3) is 10.9 Å². The minimum absolute atomic E-state index is 0.196. The third-order valence-corrected chi connectivity index (χ3v) is 4.07. The fourth-order valence-electron chi connectivity index (χ4n) is 2.78. The van der Waals surface area contributed by atoms with Crippen molar-refractivity contribution in [2.45, 2.75) is 0 Å². The summed E-state index contributed by atoms with van der Waals surface area (Å²) in [6, 6.07) is 13.3. The maximum atomic E-state index is 9.57. The minimum Gasteiger partial charge on any atom is -0.508 e. The van der Waals surface area contributed by atoms with Gasteiger partial charge in [-0.1, -0.05) is 0 Å². The normalized spacial score (nSPS) is 14.8. The number of phenols is 1. The van der Waals surface area contributed by atoms with Gasteiger partial charge in [0, 0.05) is 42.1 Å². The molecule has 122 valence electrons. The second-order valence-corrected chi connectivity index (χ2v) is 5.71. The molecule has 0 aliphatic carbocycles. The summed E-state index contributed by atoms with van der Waals surface area (Å²) in [7, 11) is 0. The average Bonchev–Trinajstić information content (AvgIpc) is 2.63. The third kappa shape index (κ3) is 3.09. The fraction of sp³-hybridized carbons (Fsp3) is 0.222. The zero-order valence-corrected chi connectivity index (χ0v) is 13.1. The van der Waals surface area contributed by atoms with Gasteiger partial charge in [-0.25, -0.2) is 9.97 Å². The Kier molecular flexibility index (Phi) is 3.88. The van der Waals surface area contributed by atoms with Gasteiger partial charge in [0.25, 0.3) is 0 Å². The summed E-state index contributed by atoms with van der Waals surface area (Å²) in [5.41, 5.74) is 2.82. The van der Waals surface area contributed by atoms with Crippen LogP contribution < -0.4 is 10.2 Å². The highest BCUT2D eigenvalue weighted by Gasteiger charge is 2.11. The molecule has 0 saturated carbocycles. The number of aromatic hydroxyl groups is 1. The van der Waals surface area contributed by atoms with E-state index in [1.54, 1.807) is 24.4 Å². The van der Waals surface area contributed by atoms with Gasteiger partial charge >= 0.3 is 0 Å². The van der Waals surface area contributed by atoms with E-state index in [-0.39, 0.29) is 5.75 Å². The Morgan fingerprint density at radius 3 is 2.62 bits per heavy atom. The molecule has 24 heavy (non-hydrogen) atoms. The molecule has 0 atom stereocenters. The van der Waals surface area contributed by atoms with E-state index in [0.717, 1.165) is 37.4 Å². The summed E-state index contributed by atoms with van der Waals surface area (Å²) in [4.78, 5) is 11.1. The van der Waals surface area contributed by atoms with Gasteiger partial charge in [0.05, 0.1) is 18.7 Å². The number of hydrogen-bond acceptors (Lipinski definition) is 6. The van der Waals surface area contributed by atoms with Crippen molar-refractivity contribution in [1.29, 1.82) is 0 Å². The highest BCUT2D eigenvalue weighted by molar-refractivity contribution is 5.80. The van der Waals surface area contributed by atoms with Gasteiger partial charge in [-0.05, 0) is 36.4 Å². The van der Waals surface area contributed by atoms with Crippen LogP contribution in [0.5, 0.6) is 5.75 Å². The lowest BCUT2D eigenvalue weighted by atomic mass is 10.2. The molecule has 0 amide bonds. The molecule has 2 N–H and O–H groups in total. The Morgan fingerprint density at radius 2 is 1.83 bits per heavy atom. The van der Waals surface area contributed by atoms with Crippen molar-refractivity contribution in [2.75, 3.05) is 36.5 Å². The van der Waals surface area contributed by atoms with Gasteiger partial charge < -0.3 is 20.1 Å². The monoisotopic (exact) mass is 322 g/mol. The number of rotatable bonds is 3. The summed E-state index contributed by atoms with van der Waals surface area (Å²) in [6.07, 6.45) is 1.74. The average molecular weight is 322 g/mol. The Bertz CT molecular complexity index is 845. The van der Waals surface area contributed by atoms with Gasteiger partial charge in [0.15, 0.2) is 0 Å². The highest BCUT2D eigenvalue weighted by Crippen LogP contribution is 2.22. The Hall–Kier alpha value is -2.86. The topological polar surface area (TPSA) is 70.5 Å². The Morgan fingerprint density at radius 1 is 1.04 bits per heavy atom. The van der Waals surface area contributed by atoms with E-state index in [1.165, 1.54) is 5.69 Å². The molecule has 1 saturated heterocycles. The van der Waals surface area contributed by atoms with E-state index in [1.807, 2.05) is 12.1 Å². The van der Waals surface area contributed by atoms with Crippen molar-refractivity contribution in [2.24, 2.45) is 0 Å². The van der Waals surface area contributed by atoms with Crippen molar-refractivity contribution in [3.05, 3.63) is 48.7 Å². The number of morpholine rings is 1. The number of nitrogens with zero attached hydrogens (tertiary/aromatic N) is 3. The van der Waals surface area contributed by atoms with Crippen LogP contribution in [0.1, 0.15) is 0 Å². The molecule has 1 aliphatic rings.